The largest absolute Gasteiger partial charge is 0.495 e. The second-order valence-electron chi connectivity index (χ2n) is 5.08. The highest BCUT2D eigenvalue weighted by atomic mass is 79.9. The number of carbonyl (C=O) groups excluding carboxylic acids is 1. The number of benzene rings is 1. The predicted molar refractivity (Wildman–Crippen MR) is 84.2 cm³/mol. The third-order valence-electron chi connectivity index (χ3n) is 3.57. The number of hydrogen-bond donors (Lipinski definition) is 2. The van der Waals surface area contributed by atoms with Crippen molar-refractivity contribution < 1.29 is 9.53 Å². The van der Waals surface area contributed by atoms with E-state index in [2.05, 4.69) is 26.6 Å². The lowest BCUT2D eigenvalue weighted by molar-refractivity contribution is -0.116. The fourth-order valence-electron chi connectivity index (χ4n) is 2.44. The Morgan fingerprint density at radius 2 is 2.35 bits per heavy atom. The van der Waals surface area contributed by atoms with E-state index in [9.17, 15) is 4.79 Å². The summed E-state index contributed by atoms with van der Waals surface area (Å²) in [4.78, 5) is 11.9. The summed E-state index contributed by atoms with van der Waals surface area (Å²) in [6.07, 6.45) is 5.15. The second-order valence-corrected chi connectivity index (χ2v) is 5.94. The van der Waals surface area contributed by atoms with Gasteiger partial charge in [-0.2, -0.15) is 0 Å². The Balaban J connectivity index is 1.81. The van der Waals surface area contributed by atoms with Gasteiger partial charge in [-0.25, -0.2) is 0 Å². The summed E-state index contributed by atoms with van der Waals surface area (Å²) in [6, 6.07) is 6.05. The lowest BCUT2D eigenvalue weighted by Crippen LogP contribution is -2.34. The van der Waals surface area contributed by atoms with E-state index in [0.29, 0.717) is 12.5 Å². The SMILES string of the molecule is COc1cc(NC(=O)CCC2CCCCN2)ccc1Br. The third kappa shape index (κ3) is 4.49. The Labute approximate surface area is 128 Å². The number of carbonyl (C=O) groups is 1. The van der Waals surface area contributed by atoms with Crippen LogP contribution >= 0.6 is 15.9 Å². The first-order chi connectivity index (χ1) is 9.69. The minimum absolute atomic E-state index is 0.0572. The molecule has 0 aliphatic carbocycles. The van der Waals surface area contributed by atoms with E-state index in [4.69, 9.17) is 4.74 Å². The molecular weight excluding hydrogens is 320 g/mol. The molecule has 4 nitrogen and oxygen atoms in total. The first kappa shape index (κ1) is 15.3. The molecule has 110 valence electrons. The van der Waals surface area contributed by atoms with Crippen LogP contribution in [0.1, 0.15) is 32.1 Å². The van der Waals surface area contributed by atoms with Crippen molar-refractivity contribution in [3.05, 3.63) is 22.7 Å². The first-order valence-corrected chi connectivity index (χ1v) is 7.85. The van der Waals surface area contributed by atoms with E-state index in [1.807, 2.05) is 18.2 Å². The molecule has 1 aliphatic heterocycles. The quantitative estimate of drug-likeness (QED) is 0.864. The van der Waals surface area contributed by atoms with E-state index < -0.39 is 0 Å². The molecule has 1 heterocycles. The molecule has 1 amide bonds. The minimum Gasteiger partial charge on any atom is -0.495 e. The molecule has 0 radical (unpaired) electrons. The molecule has 1 unspecified atom stereocenters. The second kappa shape index (κ2) is 7.64. The van der Waals surface area contributed by atoms with Gasteiger partial charge in [-0.3, -0.25) is 4.79 Å². The summed E-state index contributed by atoms with van der Waals surface area (Å²) in [5, 5.41) is 6.37. The van der Waals surface area contributed by atoms with Gasteiger partial charge in [0.25, 0.3) is 0 Å². The zero-order valence-electron chi connectivity index (χ0n) is 11.7. The molecule has 1 aromatic rings. The van der Waals surface area contributed by atoms with Gasteiger partial charge >= 0.3 is 0 Å². The van der Waals surface area contributed by atoms with Crippen LogP contribution < -0.4 is 15.4 Å². The van der Waals surface area contributed by atoms with E-state index in [-0.39, 0.29) is 5.91 Å². The average Bonchev–Trinajstić information content (AvgIpc) is 2.48. The van der Waals surface area contributed by atoms with Gasteiger partial charge in [0.15, 0.2) is 0 Å². The number of nitrogens with one attached hydrogen (secondary N) is 2. The highest BCUT2D eigenvalue weighted by molar-refractivity contribution is 9.10. The molecule has 20 heavy (non-hydrogen) atoms. The maximum atomic E-state index is 11.9. The van der Waals surface area contributed by atoms with Gasteiger partial charge in [0.05, 0.1) is 11.6 Å². The molecule has 2 rings (SSSR count). The summed E-state index contributed by atoms with van der Waals surface area (Å²) in [7, 11) is 1.61. The van der Waals surface area contributed by atoms with Crippen LogP contribution in [-0.2, 0) is 4.79 Å². The summed E-state index contributed by atoms with van der Waals surface area (Å²) < 4.78 is 6.09. The fraction of sp³-hybridized carbons (Fsp3) is 0.533. The van der Waals surface area contributed by atoms with Gasteiger partial charge in [0.2, 0.25) is 5.91 Å². The molecule has 0 saturated carbocycles. The van der Waals surface area contributed by atoms with E-state index in [1.165, 1.54) is 19.3 Å². The summed E-state index contributed by atoms with van der Waals surface area (Å²) >= 11 is 3.39. The Bertz CT molecular complexity index is 459. The molecule has 1 saturated heterocycles. The zero-order chi connectivity index (χ0) is 14.4. The number of halogens is 1. The van der Waals surface area contributed by atoms with Gasteiger partial charge in [-0.1, -0.05) is 6.42 Å². The molecule has 1 aliphatic rings. The average molecular weight is 341 g/mol. The van der Waals surface area contributed by atoms with Gasteiger partial charge in [-0.05, 0) is 53.9 Å². The van der Waals surface area contributed by atoms with Crippen LogP contribution in [0.15, 0.2) is 22.7 Å². The van der Waals surface area contributed by atoms with Gasteiger partial charge in [0, 0.05) is 24.2 Å². The van der Waals surface area contributed by atoms with Gasteiger partial charge in [-0.15, -0.1) is 0 Å². The third-order valence-corrected chi connectivity index (χ3v) is 4.22. The highest BCUT2D eigenvalue weighted by Crippen LogP contribution is 2.27. The Morgan fingerprint density at radius 1 is 1.50 bits per heavy atom. The van der Waals surface area contributed by atoms with Crippen LogP contribution in [0.5, 0.6) is 5.75 Å². The van der Waals surface area contributed by atoms with E-state index >= 15 is 0 Å². The topological polar surface area (TPSA) is 50.4 Å². The number of anilines is 1. The molecule has 0 aromatic heterocycles. The Kier molecular flexibility index (Phi) is 5.86. The number of methoxy groups -OCH3 is 1. The lowest BCUT2D eigenvalue weighted by Gasteiger charge is -2.23. The van der Waals surface area contributed by atoms with Crippen molar-refractivity contribution in [2.75, 3.05) is 19.0 Å². The van der Waals surface area contributed by atoms with Crippen molar-refractivity contribution in [3.8, 4) is 5.75 Å². The van der Waals surface area contributed by atoms with Crippen LogP contribution in [0.3, 0.4) is 0 Å². The summed E-state index contributed by atoms with van der Waals surface area (Å²) in [5.41, 5.74) is 0.770. The van der Waals surface area contributed by atoms with Crippen molar-refractivity contribution >= 4 is 27.5 Å². The number of rotatable bonds is 5. The fourth-order valence-corrected chi connectivity index (χ4v) is 2.85. The van der Waals surface area contributed by atoms with Gasteiger partial charge < -0.3 is 15.4 Å². The minimum atomic E-state index is 0.0572. The van der Waals surface area contributed by atoms with Crippen LogP contribution in [0.2, 0.25) is 0 Å². The zero-order valence-corrected chi connectivity index (χ0v) is 13.3. The van der Waals surface area contributed by atoms with Crippen molar-refractivity contribution in [1.29, 1.82) is 0 Å². The van der Waals surface area contributed by atoms with Crippen molar-refractivity contribution in [2.24, 2.45) is 0 Å². The van der Waals surface area contributed by atoms with Crippen LogP contribution in [0.4, 0.5) is 5.69 Å². The molecular formula is C15H21BrN2O2. The lowest BCUT2D eigenvalue weighted by atomic mass is 10.0. The first-order valence-electron chi connectivity index (χ1n) is 7.06. The molecule has 1 aromatic carbocycles. The van der Waals surface area contributed by atoms with Crippen molar-refractivity contribution in [2.45, 2.75) is 38.1 Å². The van der Waals surface area contributed by atoms with Crippen LogP contribution in [0.25, 0.3) is 0 Å². The number of amides is 1. The predicted octanol–water partition coefficient (Wildman–Crippen LogP) is 3.32. The molecule has 2 N–H and O–H groups in total. The number of piperidine rings is 1. The molecule has 1 atom stereocenters. The standard InChI is InChI=1S/C15H21BrN2O2/c1-20-14-10-12(5-7-13(14)16)18-15(19)8-6-11-4-2-3-9-17-11/h5,7,10-11,17H,2-4,6,8-9H2,1H3,(H,18,19). The smallest absolute Gasteiger partial charge is 0.224 e. The normalized spacial score (nSPS) is 18.6. The molecule has 1 fully saturated rings. The van der Waals surface area contributed by atoms with Crippen LogP contribution in [0, 0.1) is 0 Å². The maximum Gasteiger partial charge on any atom is 0.224 e. The molecule has 5 heteroatoms. The van der Waals surface area contributed by atoms with Gasteiger partial charge in [0.1, 0.15) is 5.75 Å². The van der Waals surface area contributed by atoms with Crippen molar-refractivity contribution in [3.63, 3.8) is 0 Å². The molecule has 0 spiro atoms. The van der Waals surface area contributed by atoms with E-state index in [1.54, 1.807) is 7.11 Å². The Hall–Kier alpha value is -1.07. The highest BCUT2D eigenvalue weighted by Gasteiger charge is 2.14. The number of hydrogen-bond acceptors (Lipinski definition) is 3. The summed E-state index contributed by atoms with van der Waals surface area (Å²) in [6.45, 7) is 1.08. The maximum absolute atomic E-state index is 11.9. The monoisotopic (exact) mass is 340 g/mol. The number of ether oxygens (including phenoxy) is 1. The molecule has 0 bridgehead atoms. The van der Waals surface area contributed by atoms with E-state index in [0.717, 1.165) is 28.9 Å². The Morgan fingerprint density at radius 3 is 3.05 bits per heavy atom. The summed E-state index contributed by atoms with van der Waals surface area (Å²) in [5.74, 6) is 0.776. The van der Waals surface area contributed by atoms with Crippen LogP contribution in [-0.4, -0.2) is 25.6 Å². The van der Waals surface area contributed by atoms with Crippen molar-refractivity contribution in [1.82, 2.24) is 5.32 Å².